The van der Waals surface area contributed by atoms with Crippen LogP contribution in [0.4, 0.5) is 0 Å². The molecule has 3 nitrogen and oxygen atoms in total. The number of rotatable bonds is 3. The fourth-order valence-electron chi connectivity index (χ4n) is 2.45. The molecule has 1 saturated heterocycles. The zero-order valence-corrected chi connectivity index (χ0v) is 13.3. The summed E-state index contributed by atoms with van der Waals surface area (Å²) in [4.78, 5) is 12.4. The highest BCUT2D eigenvalue weighted by molar-refractivity contribution is 9.10. The number of carbonyl (C=O) groups is 1. The van der Waals surface area contributed by atoms with E-state index in [1.165, 1.54) is 0 Å². The van der Waals surface area contributed by atoms with Crippen molar-refractivity contribution < 1.29 is 4.79 Å². The van der Waals surface area contributed by atoms with Gasteiger partial charge in [0, 0.05) is 4.47 Å². The van der Waals surface area contributed by atoms with Gasteiger partial charge in [0.15, 0.2) is 0 Å². The number of benzene rings is 1. The van der Waals surface area contributed by atoms with Gasteiger partial charge < -0.3 is 10.6 Å². The van der Waals surface area contributed by atoms with Crippen LogP contribution < -0.4 is 10.6 Å². The van der Waals surface area contributed by atoms with Gasteiger partial charge in [-0.05, 0) is 57.9 Å². The summed E-state index contributed by atoms with van der Waals surface area (Å²) in [7, 11) is 0. The highest BCUT2D eigenvalue weighted by Gasteiger charge is 2.38. The Bertz CT molecular complexity index is 462. The lowest BCUT2D eigenvalue weighted by atomic mass is 9.91. The van der Waals surface area contributed by atoms with Crippen LogP contribution in [0.2, 0.25) is 0 Å². The van der Waals surface area contributed by atoms with E-state index in [2.05, 4.69) is 26.6 Å². The predicted molar refractivity (Wildman–Crippen MR) is 81.0 cm³/mol. The van der Waals surface area contributed by atoms with E-state index in [1.807, 2.05) is 45.0 Å². The molecule has 0 radical (unpaired) electrons. The van der Waals surface area contributed by atoms with Gasteiger partial charge in [-0.15, -0.1) is 0 Å². The summed E-state index contributed by atoms with van der Waals surface area (Å²) >= 11 is 3.43. The molecule has 0 saturated carbocycles. The van der Waals surface area contributed by atoms with E-state index in [9.17, 15) is 4.79 Å². The summed E-state index contributed by atoms with van der Waals surface area (Å²) < 4.78 is 1.04. The van der Waals surface area contributed by atoms with Crippen LogP contribution in [0.5, 0.6) is 0 Å². The Morgan fingerprint density at radius 1 is 1.37 bits per heavy atom. The van der Waals surface area contributed by atoms with Crippen LogP contribution in [0.1, 0.15) is 39.2 Å². The van der Waals surface area contributed by atoms with Gasteiger partial charge in [0.2, 0.25) is 5.91 Å². The molecule has 1 amide bonds. The first-order valence-corrected chi connectivity index (χ1v) is 7.46. The molecule has 1 fully saturated rings. The fourth-order valence-corrected chi connectivity index (χ4v) is 2.71. The molecule has 0 aliphatic carbocycles. The van der Waals surface area contributed by atoms with Crippen molar-refractivity contribution in [3.63, 3.8) is 0 Å². The van der Waals surface area contributed by atoms with Gasteiger partial charge in [0.1, 0.15) is 0 Å². The molecule has 2 rings (SSSR count). The second kappa shape index (κ2) is 5.25. The molecule has 4 heteroatoms. The first-order valence-electron chi connectivity index (χ1n) is 6.67. The molecule has 0 bridgehead atoms. The lowest BCUT2D eigenvalue weighted by molar-refractivity contribution is -0.128. The number of amides is 1. The molecule has 1 heterocycles. The maximum atomic E-state index is 12.4. The molecule has 0 spiro atoms. The van der Waals surface area contributed by atoms with Gasteiger partial charge in [-0.25, -0.2) is 0 Å². The number of hydrogen-bond donors (Lipinski definition) is 2. The maximum absolute atomic E-state index is 12.4. The number of hydrogen-bond acceptors (Lipinski definition) is 2. The van der Waals surface area contributed by atoms with Gasteiger partial charge >= 0.3 is 0 Å². The van der Waals surface area contributed by atoms with Gasteiger partial charge in [-0.1, -0.05) is 28.1 Å². The molecule has 1 aliphatic rings. The summed E-state index contributed by atoms with van der Waals surface area (Å²) in [6.45, 7) is 6.97. The van der Waals surface area contributed by atoms with Crippen molar-refractivity contribution in [2.75, 3.05) is 6.54 Å². The zero-order valence-electron chi connectivity index (χ0n) is 11.7. The molecule has 19 heavy (non-hydrogen) atoms. The number of halogens is 1. The summed E-state index contributed by atoms with van der Waals surface area (Å²) in [5.41, 5.74) is 0.308. The van der Waals surface area contributed by atoms with E-state index < -0.39 is 5.54 Å². The summed E-state index contributed by atoms with van der Waals surface area (Å²) in [6.07, 6.45) is 1.96. The van der Waals surface area contributed by atoms with Crippen molar-refractivity contribution in [3.8, 4) is 0 Å². The number of carbonyl (C=O) groups excluding carboxylic acids is 1. The zero-order chi connectivity index (χ0) is 14.1. The van der Waals surface area contributed by atoms with Crippen LogP contribution >= 0.6 is 15.9 Å². The summed E-state index contributed by atoms with van der Waals surface area (Å²) in [5, 5.41) is 6.45. The molecular formula is C15H21BrN2O. The average molecular weight is 325 g/mol. The Balaban J connectivity index is 2.12. The molecule has 1 aliphatic heterocycles. The lowest BCUT2D eigenvalue weighted by Gasteiger charge is -2.32. The maximum Gasteiger partial charge on any atom is 0.240 e. The van der Waals surface area contributed by atoms with Crippen LogP contribution in [0.25, 0.3) is 0 Å². The third kappa shape index (κ3) is 3.18. The Kier molecular flexibility index (Phi) is 4.02. The van der Waals surface area contributed by atoms with E-state index in [0.29, 0.717) is 0 Å². The third-order valence-electron chi connectivity index (χ3n) is 3.86. The average Bonchev–Trinajstić information content (AvgIpc) is 2.77. The highest BCUT2D eigenvalue weighted by atomic mass is 79.9. The Hall–Kier alpha value is -0.870. The van der Waals surface area contributed by atoms with Crippen LogP contribution in [-0.4, -0.2) is 18.0 Å². The van der Waals surface area contributed by atoms with Gasteiger partial charge in [0.05, 0.1) is 11.1 Å². The largest absolute Gasteiger partial charge is 0.346 e. The normalized spacial score (nSPS) is 23.4. The molecule has 1 aromatic rings. The summed E-state index contributed by atoms with van der Waals surface area (Å²) in [5.74, 6) is 0.0814. The molecule has 1 atom stereocenters. The SMILES string of the molecule is CC1(C(=O)NC(C)(C)c2ccc(Br)cc2)CCCN1. The Labute approximate surface area is 123 Å². The summed E-state index contributed by atoms with van der Waals surface area (Å²) in [6, 6.07) is 8.07. The van der Waals surface area contributed by atoms with Crippen molar-refractivity contribution in [3.05, 3.63) is 34.3 Å². The predicted octanol–water partition coefficient (Wildman–Crippen LogP) is 2.94. The quantitative estimate of drug-likeness (QED) is 0.897. The van der Waals surface area contributed by atoms with E-state index in [4.69, 9.17) is 0 Å². The van der Waals surface area contributed by atoms with Gasteiger partial charge in [0.25, 0.3) is 0 Å². The minimum atomic E-state index is -0.424. The van der Waals surface area contributed by atoms with Crippen LogP contribution in [-0.2, 0) is 10.3 Å². The fraction of sp³-hybridized carbons (Fsp3) is 0.533. The topological polar surface area (TPSA) is 41.1 Å². The minimum absolute atomic E-state index is 0.0814. The monoisotopic (exact) mass is 324 g/mol. The Morgan fingerprint density at radius 3 is 2.53 bits per heavy atom. The van der Waals surface area contributed by atoms with Crippen molar-refractivity contribution in [2.24, 2.45) is 0 Å². The molecule has 1 aromatic carbocycles. The minimum Gasteiger partial charge on any atom is -0.346 e. The standard InChI is InChI=1S/C15H21BrN2O/c1-14(2,11-5-7-12(16)8-6-11)18-13(19)15(3)9-4-10-17-15/h5-8,17H,4,9-10H2,1-3H3,(H,18,19). The van der Waals surface area contributed by atoms with Crippen molar-refractivity contribution in [1.82, 2.24) is 10.6 Å². The second-order valence-corrected chi connectivity index (χ2v) is 6.86. The van der Waals surface area contributed by atoms with Gasteiger partial charge in [-0.3, -0.25) is 4.79 Å². The van der Waals surface area contributed by atoms with Crippen LogP contribution in [0.3, 0.4) is 0 Å². The van der Waals surface area contributed by atoms with E-state index in [-0.39, 0.29) is 11.4 Å². The Morgan fingerprint density at radius 2 is 2.00 bits per heavy atom. The first-order chi connectivity index (χ1) is 8.83. The molecular weight excluding hydrogens is 304 g/mol. The third-order valence-corrected chi connectivity index (χ3v) is 4.39. The lowest BCUT2D eigenvalue weighted by Crippen LogP contribution is -2.55. The molecule has 1 unspecified atom stereocenters. The molecule has 2 N–H and O–H groups in total. The highest BCUT2D eigenvalue weighted by Crippen LogP contribution is 2.25. The van der Waals surface area contributed by atoms with Crippen LogP contribution in [0.15, 0.2) is 28.7 Å². The number of nitrogens with one attached hydrogen (secondary N) is 2. The van der Waals surface area contributed by atoms with E-state index in [1.54, 1.807) is 0 Å². The van der Waals surface area contributed by atoms with Crippen molar-refractivity contribution in [1.29, 1.82) is 0 Å². The first kappa shape index (κ1) is 14.5. The smallest absolute Gasteiger partial charge is 0.240 e. The van der Waals surface area contributed by atoms with Crippen molar-refractivity contribution in [2.45, 2.75) is 44.7 Å². The van der Waals surface area contributed by atoms with Gasteiger partial charge in [-0.2, -0.15) is 0 Å². The molecule has 104 valence electrons. The van der Waals surface area contributed by atoms with E-state index >= 15 is 0 Å². The molecule has 0 aromatic heterocycles. The van der Waals surface area contributed by atoms with Crippen LogP contribution in [0, 0.1) is 0 Å². The van der Waals surface area contributed by atoms with E-state index in [0.717, 1.165) is 29.4 Å². The second-order valence-electron chi connectivity index (χ2n) is 5.95. The van der Waals surface area contributed by atoms with Crippen molar-refractivity contribution >= 4 is 21.8 Å².